The van der Waals surface area contributed by atoms with E-state index in [1.807, 2.05) is 13.0 Å². The molecular weight excluding hydrogens is 390 g/mol. The van der Waals surface area contributed by atoms with E-state index in [1.54, 1.807) is 0 Å². The molecule has 0 amide bonds. The van der Waals surface area contributed by atoms with Crippen molar-refractivity contribution in [3.05, 3.63) is 71.2 Å². The molecule has 0 saturated carbocycles. The molecular formula is C26H29NO4. The maximum atomic E-state index is 6.40. The second-order valence-electron chi connectivity index (χ2n) is 8.45. The molecule has 0 bridgehead atoms. The van der Waals surface area contributed by atoms with Crippen molar-refractivity contribution in [1.82, 2.24) is 4.90 Å². The maximum absolute atomic E-state index is 6.40. The van der Waals surface area contributed by atoms with E-state index in [2.05, 4.69) is 54.3 Å². The lowest BCUT2D eigenvalue weighted by Crippen LogP contribution is -2.25. The van der Waals surface area contributed by atoms with Crippen molar-refractivity contribution in [1.29, 1.82) is 0 Å². The first kappa shape index (κ1) is 20.2. The van der Waals surface area contributed by atoms with Crippen molar-refractivity contribution >= 4 is 0 Å². The minimum Gasteiger partial charge on any atom is -0.488 e. The Bertz CT molecular complexity index is 1050. The number of ether oxygens (including phenoxy) is 3. The van der Waals surface area contributed by atoms with Crippen LogP contribution in [0.3, 0.4) is 0 Å². The summed E-state index contributed by atoms with van der Waals surface area (Å²) in [6.07, 6.45) is 0.984. The summed E-state index contributed by atoms with van der Waals surface area (Å²) in [4.78, 5) is 2.37. The first-order valence-electron chi connectivity index (χ1n) is 11.0. The summed E-state index contributed by atoms with van der Waals surface area (Å²) in [7, 11) is 0. The molecule has 2 aliphatic heterocycles. The fourth-order valence-electron chi connectivity index (χ4n) is 4.39. The normalized spacial score (nSPS) is 19.0. The van der Waals surface area contributed by atoms with Crippen LogP contribution >= 0.6 is 0 Å². The lowest BCUT2D eigenvalue weighted by atomic mass is 9.97. The van der Waals surface area contributed by atoms with Crippen molar-refractivity contribution in [2.75, 3.05) is 26.4 Å². The third-order valence-corrected chi connectivity index (χ3v) is 5.99. The summed E-state index contributed by atoms with van der Waals surface area (Å²) in [5.74, 6) is 3.61. The Morgan fingerprint density at radius 2 is 1.97 bits per heavy atom. The zero-order valence-corrected chi connectivity index (χ0v) is 18.2. The predicted octanol–water partition coefficient (Wildman–Crippen LogP) is 5.13. The molecule has 31 heavy (non-hydrogen) atoms. The van der Waals surface area contributed by atoms with Crippen LogP contribution in [0.4, 0.5) is 0 Å². The summed E-state index contributed by atoms with van der Waals surface area (Å²) in [5, 5.41) is 0. The van der Waals surface area contributed by atoms with Crippen LogP contribution in [0.1, 0.15) is 29.1 Å². The van der Waals surface area contributed by atoms with E-state index >= 15 is 0 Å². The van der Waals surface area contributed by atoms with Crippen LogP contribution in [0, 0.1) is 13.8 Å². The van der Waals surface area contributed by atoms with Gasteiger partial charge in [0.2, 0.25) is 0 Å². The van der Waals surface area contributed by atoms with Crippen LogP contribution in [0.2, 0.25) is 0 Å². The molecule has 2 aliphatic rings. The Balaban J connectivity index is 1.51. The van der Waals surface area contributed by atoms with Crippen LogP contribution in [0.15, 0.2) is 52.9 Å². The number of fused-ring (bicyclic) bond motifs is 1. The molecule has 3 heterocycles. The van der Waals surface area contributed by atoms with E-state index < -0.39 is 0 Å². The Kier molecular flexibility index (Phi) is 5.70. The fraction of sp³-hybridized carbons (Fsp3) is 0.385. The molecule has 5 heteroatoms. The van der Waals surface area contributed by atoms with E-state index in [4.69, 9.17) is 18.6 Å². The van der Waals surface area contributed by atoms with Gasteiger partial charge in [0.25, 0.3) is 0 Å². The van der Waals surface area contributed by atoms with Crippen molar-refractivity contribution in [3.63, 3.8) is 0 Å². The molecule has 0 N–H and O–H groups in total. The third kappa shape index (κ3) is 4.48. The molecule has 0 spiro atoms. The third-order valence-electron chi connectivity index (χ3n) is 5.99. The van der Waals surface area contributed by atoms with E-state index in [0.717, 1.165) is 66.8 Å². The molecule has 5 nitrogen and oxygen atoms in total. The van der Waals surface area contributed by atoms with Crippen molar-refractivity contribution < 1.29 is 18.6 Å². The smallest absolute Gasteiger partial charge is 0.165 e. The van der Waals surface area contributed by atoms with Crippen molar-refractivity contribution in [2.45, 2.75) is 39.5 Å². The number of aryl methyl sites for hydroxylation is 2. The molecule has 3 aromatic rings. The Morgan fingerprint density at radius 1 is 1.06 bits per heavy atom. The number of furan rings is 1. The molecule has 1 aromatic heterocycles. The number of rotatable bonds is 5. The fourth-order valence-corrected chi connectivity index (χ4v) is 4.39. The number of hydrogen-bond donors (Lipinski definition) is 0. The van der Waals surface area contributed by atoms with Gasteiger partial charge in [-0.25, -0.2) is 0 Å². The van der Waals surface area contributed by atoms with Gasteiger partial charge in [-0.05, 0) is 54.8 Å². The highest BCUT2D eigenvalue weighted by Gasteiger charge is 2.25. The summed E-state index contributed by atoms with van der Waals surface area (Å²) in [6.45, 7) is 8.51. The van der Waals surface area contributed by atoms with Crippen LogP contribution in [0.25, 0.3) is 11.1 Å². The Morgan fingerprint density at radius 3 is 2.74 bits per heavy atom. The zero-order valence-electron chi connectivity index (χ0n) is 18.2. The largest absolute Gasteiger partial charge is 0.488 e. The van der Waals surface area contributed by atoms with Gasteiger partial charge >= 0.3 is 0 Å². The molecule has 1 unspecified atom stereocenters. The van der Waals surface area contributed by atoms with E-state index in [9.17, 15) is 0 Å². The Labute approximate surface area is 183 Å². The number of hydrogen-bond acceptors (Lipinski definition) is 5. The summed E-state index contributed by atoms with van der Waals surface area (Å²) < 4.78 is 24.0. The van der Waals surface area contributed by atoms with E-state index in [1.165, 1.54) is 11.1 Å². The van der Waals surface area contributed by atoms with Gasteiger partial charge in [0, 0.05) is 25.1 Å². The second-order valence-corrected chi connectivity index (χ2v) is 8.45. The molecule has 1 fully saturated rings. The lowest BCUT2D eigenvalue weighted by molar-refractivity contribution is 0.137. The monoisotopic (exact) mass is 419 g/mol. The molecule has 1 saturated heterocycles. The van der Waals surface area contributed by atoms with Gasteiger partial charge in [-0.15, -0.1) is 0 Å². The van der Waals surface area contributed by atoms with Gasteiger partial charge < -0.3 is 18.6 Å². The molecule has 0 radical (unpaired) electrons. The standard InChI is InChI=1S/C26H29NO4/c1-18-5-3-4-6-24(18)20-13-21-15-27(16-22-8-7-19(2)30-22)10-12-29-26(21)25(14-20)31-23-9-11-28-17-23/h3-8,13-14,23H,9-12,15-17H2,1-2H3. The van der Waals surface area contributed by atoms with Crippen LogP contribution in [0.5, 0.6) is 11.5 Å². The van der Waals surface area contributed by atoms with Crippen LogP contribution in [-0.4, -0.2) is 37.4 Å². The highest BCUT2D eigenvalue weighted by atomic mass is 16.6. The average molecular weight is 420 g/mol. The van der Waals surface area contributed by atoms with Crippen molar-refractivity contribution in [2.24, 2.45) is 0 Å². The van der Waals surface area contributed by atoms with Gasteiger partial charge in [0.05, 0.1) is 19.8 Å². The molecule has 2 aromatic carbocycles. The topological polar surface area (TPSA) is 44.1 Å². The number of benzene rings is 2. The second kappa shape index (κ2) is 8.77. The minimum atomic E-state index is 0.0743. The number of nitrogens with zero attached hydrogens (tertiary/aromatic N) is 1. The predicted molar refractivity (Wildman–Crippen MR) is 120 cm³/mol. The van der Waals surface area contributed by atoms with Gasteiger partial charge in [-0.2, -0.15) is 0 Å². The lowest BCUT2D eigenvalue weighted by Gasteiger charge is -2.20. The highest BCUT2D eigenvalue weighted by Crippen LogP contribution is 2.40. The maximum Gasteiger partial charge on any atom is 0.165 e. The first-order chi connectivity index (χ1) is 15.2. The van der Waals surface area contributed by atoms with E-state index in [0.29, 0.717) is 13.2 Å². The summed E-state index contributed by atoms with van der Waals surface area (Å²) in [5.41, 5.74) is 4.77. The van der Waals surface area contributed by atoms with Gasteiger partial charge in [-0.3, -0.25) is 4.90 Å². The van der Waals surface area contributed by atoms with Crippen LogP contribution < -0.4 is 9.47 Å². The summed E-state index contributed by atoms with van der Waals surface area (Å²) >= 11 is 0. The van der Waals surface area contributed by atoms with Crippen molar-refractivity contribution in [3.8, 4) is 22.6 Å². The minimum absolute atomic E-state index is 0.0743. The van der Waals surface area contributed by atoms with E-state index in [-0.39, 0.29) is 6.10 Å². The molecule has 5 rings (SSSR count). The zero-order chi connectivity index (χ0) is 21.2. The quantitative estimate of drug-likeness (QED) is 0.574. The van der Waals surface area contributed by atoms with Crippen LogP contribution in [-0.2, 0) is 17.8 Å². The Hall–Kier alpha value is -2.76. The average Bonchev–Trinajstić information content (AvgIpc) is 3.36. The van der Waals surface area contributed by atoms with Gasteiger partial charge in [0.1, 0.15) is 24.2 Å². The SMILES string of the molecule is Cc1ccc(CN2CCOc3c(cc(-c4ccccc4C)cc3OC3CCOC3)C2)o1. The first-order valence-corrected chi connectivity index (χ1v) is 11.0. The summed E-state index contributed by atoms with van der Waals surface area (Å²) in [6, 6.07) is 16.9. The molecule has 1 atom stereocenters. The molecule has 162 valence electrons. The van der Waals surface area contributed by atoms with Gasteiger partial charge in [-0.1, -0.05) is 24.3 Å². The molecule has 0 aliphatic carbocycles. The van der Waals surface area contributed by atoms with Gasteiger partial charge in [0.15, 0.2) is 11.5 Å². The highest BCUT2D eigenvalue weighted by molar-refractivity contribution is 5.72.